The Kier molecular flexibility index (Phi) is 6.61. The summed E-state index contributed by atoms with van der Waals surface area (Å²) >= 11 is 0. The molecule has 0 spiro atoms. The standard InChI is InChI=1S/C12H20N2O4S/c1-17-8-2-7-14-19(15,16)10-9-18-12-5-3-11(13)4-6-12/h3-6,14H,2,7-10,13H2,1H3. The summed E-state index contributed by atoms with van der Waals surface area (Å²) in [6.45, 7) is 1.01. The Morgan fingerprint density at radius 1 is 1.21 bits per heavy atom. The van der Waals surface area contributed by atoms with Gasteiger partial charge in [0.15, 0.2) is 0 Å². The summed E-state index contributed by atoms with van der Waals surface area (Å²) in [4.78, 5) is 0. The van der Waals surface area contributed by atoms with Gasteiger partial charge in [0, 0.05) is 25.9 Å². The Balaban J connectivity index is 2.25. The van der Waals surface area contributed by atoms with Crippen LogP contribution in [0.25, 0.3) is 0 Å². The third-order valence-electron chi connectivity index (χ3n) is 2.35. The molecular formula is C12H20N2O4S. The fourth-order valence-corrected chi connectivity index (χ4v) is 2.25. The van der Waals surface area contributed by atoms with Crippen molar-refractivity contribution in [2.24, 2.45) is 0 Å². The molecule has 0 aromatic heterocycles. The first-order chi connectivity index (χ1) is 9.03. The van der Waals surface area contributed by atoms with Crippen molar-refractivity contribution in [2.75, 3.05) is 38.4 Å². The zero-order chi connectivity index (χ0) is 14.1. The quantitative estimate of drug-likeness (QED) is 0.513. The molecule has 108 valence electrons. The molecule has 6 nitrogen and oxygen atoms in total. The average Bonchev–Trinajstić information content (AvgIpc) is 2.37. The van der Waals surface area contributed by atoms with Crippen LogP contribution in [-0.4, -0.2) is 41.0 Å². The third kappa shape index (κ3) is 7.00. The van der Waals surface area contributed by atoms with E-state index in [9.17, 15) is 8.42 Å². The minimum Gasteiger partial charge on any atom is -0.492 e. The average molecular weight is 288 g/mol. The molecule has 0 saturated carbocycles. The van der Waals surface area contributed by atoms with Crippen LogP contribution in [-0.2, 0) is 14.8 Å². The van der Waals surface area contributed by atoms with Crippen molar-refractivity contribution in [3.05, 3.63) is 24.3 Å². The monoisotopic (exact) mass is 288 g/mol. The number of rotatable bonds is 9. The number of sulfonamides is 1. The lowest BCUT2D eigenvalue weighted by molar-refractivity contribution is 0.196. The maximum atomic E-state index is 11.6. The Bertz CT molecular complexity index is 459. The van der Waals surface area contributed by atoms with Gasteiger partial charge in [-0.1, -0.05) is 0 Å². The Hall–Kier alpha value is -1.31. The summed E-state index contributed by atoms with van der Waals surface area (Å²) in [5, 5.41) is 0. The number of anilines is 1. The number of nitrogens with two attached hydrogens (primary N) is 1. The van der Waals surface area contributed by atoms with Crippen LogP contribution in [0.2, 0.25) is 0 Å². The molecule has 7 heteroatoms. The van der Waals surface area contributed by atoms with Crippen LogP contribution in [0.3, 0.4) is 0 Å². The molecule has 0 heterocycles. The van der Waals surface area contributed by atoms with Gasteiger partial charge in [-0.15, -0.1) is 0 Å². The summed E-state index contributed by atoms with van der Waals surface area (Å²) in [5.74, 6) is 0.522. The number of hydrogen-bond donors (Lipinski definition) is 2. The smallest absolute Gasteiger partial charge is 0.214 e. The SMILES string of the molecule is COCCCNS(=O)(=O)CCOc1ccc(N)cc1. The molecular weight excluding hydrogens is 268 g/mol. The Morgan fingerprint density at radius 3 is 2.53 bits per heavy atom. The number of nitrogen functional groups attached to an aromatic ring is 1. The summed E-state index contributed by atoms with van der Waals surface area (Å²) < 4.78 is 35.8. The highest BCUT2D eigenvalue weighted by Crippen LogP contribution is 2.12. The topological polar surface area (TPSA) is 90.6 Å². The highest BCUT2D eigenvalue weighted by atomic mass is 32.2. The molecule has 0 atom stereocenters. The second-order valence-electron chi connectivity index (χ2n) is 3.98. The molecule has 0 saturated heterocycles. The van der Waals surface area contributed by atoms with Gasteiger partial charge in [0.2, 0.25) is 10.0 Å². The van der Waals surface area contributed by atoms with E-state index in [2.05, 4.69) is 4.72 Å². The summed E-state index contributed by atoms with van der Waals surface area (Å²) in [5.41, 5.74) is 6.17. The van der Waals surface area contributed by atoms with E-state index in [0.29, 0.717) is 31.0 Å². The molecule has 0 amide bonds. The molecule has 0 radical (unpaired) electrons. The maximum Gasteiger partial charge on any atom is 0.214 e. The normalized spacial score (nSPS) is 11.4. The first-order valence-electron chi connectivity index (χ1n) is 5.98. The molecule has 3 N–H and O–H groups in total. The van der Waals surface area contributed by atoms with E-state index in [4.69, 9.17) is 15.2 Å². The van der Waals surface area contributed by atoms with Crippen molar-refractivity contribution < 1.29 is 17.9 Å². The minimum absolute atomic E-state index is 0.0790. The number of hydrogen-bond acceptors (Lipinski definition) is 5. The largest absolute Gasteiger partial charge is 0.492 e. The number of ether oxygens (including phenoxy) is 2. The van der Waals surface area contributed by atoms with Gasteiger partial charge in [-0.3, -0.25) is 0 Å². The molecule has 0 aliphatic heterocycles. The summed E-state index contributed by atoms with van der Waals surface area (Å²) in [7, 11) is -1.72. The summed E-state index contributed by atoms with van der Waals surface area (Å²) in [6, 6.07) is 6.81. The van der Waals surface area contributed by atoms with Gasteiger partial charge in [-0.25, -0.2) is 13.1 Å². The lowest BCUT2D eigenvalue weighted by Gasteiger charge is -2.08. The van der Waals surface area contributed by atoms with Gasteiger partial charge in [0.05, 0.1) is 5.75 Å². The van der Waals surface area contributed by atoms with Crippen molar-refractivity contribution in [3.63, 3.8) is 0 Å². The van der Waals surface area contributed by atoms with E-state index in [0.717, 1.165) is 0 Å². The molecule has 1 rings (SSSR count). The highest BCUT2D eigenvalue weighted by Gasteiger charge is 2.09. The molecule has 0 fully saturated rings. The third-order valence-corrected chi connectivity index (χ3v) is 3.70. The molecule has 0 unspecified atom stereocenters. The van der Waals surface area contributed by atoms with Gasteiger partial charge < -0.3 is 15.2 Å². The molecule has 0 aliphatic rings. The molecule has 0 bridgehead atoms. The van der Waals surface area contributed by atoms with E-state index >= 15 is 0 Å². The summed E-state index contributed by atoms with van der Waals surface area (Å²) in [6.07, 6.45) is 0.647. The van der Waals surface area contributed by atoms with Gasteiger partial charge >= 0.3 is 0 Å². The second kappa shape index (κ2) is 7.98. The van der Waals surface area contributed by atoms with Crippen LogP contribution in [0.15, 0.2) is 24.3 Å². The van der Waals surface area contributed by atoms with Crippen LogP contribution in [0.4, 0.5) is 5.69 Å². The number of benzene rings is 1. The van der Waals surface area contributed by atoms with E-state index in [1.54, 1.807) is 31.4 Å². The lowest BCUT2D eigenvalue weighted by Crippen LogP contribution is -2.30. The van der Waals surface area contributed by atoms with Crippen molar-refractivity contribution in [3.8, 4) is 5.75 Å². The van der Waals surface area contributed by atoms with Crippen LogP contribution < -0.4 is 15.2 Å². The van der Waals surface area contributed by atoms with Gasteiger partial charge in [-0.2, -0.15) is 0 Å². The van der Waals surface area contributed by atoms with E-state index in [1.807, 2.05) is 0 Å². The van der Waals surface area contributed by atoms with Crippen LogP contribution in [0.1, 0.15) is 6.42 Å². The van der Waals surface area contributed by atoms with Gasteiger partial charge in [0.1, 0.15) is 12.4 Å². The Morgan fingerprint density at radius 2 is 1.89 bits per heavy atom. The first kappa shape index (κ1) is 15.7. The lowest BCUT2D eigenvalue weighted by atomic mass is 10.3. The van der Waals surface area contributed by atoms with Crippen molar-refractivity contribution in [1.82, 2.24) is 4.72 Å². The maximum absolute atomic E-state index is 11.6. The minimum atomic E-state index is -3.30. The number of methoxy groups -OCH3 is 1. The zero-order valence-corrected chi connectivity index (χ0v) is 11.8. The molecule has 1 aromatic rings. The second-order valence-corrected chi connectivity index (χ2v) is 5.90. The zero-order valence-electron chi connectivity index (χ0n) is 11.0. The van der Waals surface area contributed by atoms with E-state index in [1.165, 1.54) is 0 Å². The Labute approximate surface area is 113 Å². The fraction of sp³-hybridized carbons (Fsp3) is 0.500. The van der Waals surface area contributed by atoms with E-state index < -0.39 is 10.0 Å². The van der Waals surface area contributed by atoms with Crippen molar-refractivity contribution in [1.29, 1.82) is 0 Å². The predicted molar refractivity (Wildman–Crippen MR) is 74.6 cm³/mol. The van der Waals surface area contributed by atoms with Crippen LogP contribution >= 0.6 is 0 Å². The molecule has 19 heavy (non-hydrogen) atoms. The highest BCUT2D eigenvalue weighted by molar-refractivity contribution is 7.89. The first-order valence-corrected chi connectivity index (χ1v) is 7.63. The van der Waals surface area contributed by atoms with Crippen LogP contribution in [0.5, 0.6) is 5.75 Å². The molecule has 1 aromatic carbocycles. The van der Waals surface area contributed by atoms with Crippen molar-refractivity contribution >= 4 is 15.7 Å². The van der Waals surface area contributed by atoms with E-state index in [-0.39, 0.29) is 12.4 Å². The van der Waals surface area contributed by atoms with Crippen molar-refractivity contribution in [2.45, 2.75) is 6.42 Å². The van der Waals surface area contributed by atoms with Crippen LogP contribution in [0, 0.1) is 0 Å². The van der Waals surface area contributed by atoms with Gasteiger partial charge in [0.25, 0.3) is 0 Å². The molecule has 0 aliphatic carbocycles. The predicted octanol–water partition coefficient (Wildman–Crippen LogP) is 0.604. The fourth-order valence-electron chi connectivity index (χ4n) is 1.35. The van der Waals surface area contributed by atoms with Gasteiger partial charge in [-0.05, 0) is 30.7 Å². The number of nitrogens with one attached hydrogen (secondary N) is 1.